The second-order valence-electron chi connectivity index (χ2n) is 9.08. The number of imidazole rings is 1. The summed E-state index contributed by atoms with van der Waals surface area (Å²) < 4.78 is 64.7. The number of aromatic nitrogens is 2. The molecular formula is C19H30F2N2O5SSi. The molecule has 0 atom stereocenters. The first-order valence-corrected chi connectivity index (χ1v) is 15.1. The topological polar surface area (TPSA) is 90.7 Å². The molecule has 0 amide bonds. The number of hydrogen-bond donors (Lipinski definition) is 1. The highest BCUT2D eigenvalue weighted by atomic mass is 32.2. The molecule has 0 aliphatic rings. The van der Waals surface area contributed by atoms with E-state index in [-0.39, 0.29) is 18.1 Å². The number of halogens is 2. The van der Waals surface area contributed by atoms with E-state index in [4.69, 9.17) is 8.92 Å². The molecule has 0 bridgehead atoms. The Morgan fingerprint density at radius 1 is 1.23 bits per heavy atom. The van der Waals surface area contributed by atoms with Crippen molar-refractivity contribution in [3.63, 3.8) is 0 Å². The van der Waals surface area contributed by atoms with Gasteiger partial charge in [-0.2, -0.15) is 17.2 Å². The maximum atomic E-state index is 14.9. The molecule has 1 aromatic carbocycles. The number of nitrogens with zero attached hydrogens (tertiary/aromatic N) is 2. The van der Waals surface area contributed by atoms with Gasteiger partial charge in [-0.1, -0.05) is 31.8 Å². The molecule has 0 saturated heterocycles. The minimum absolute atomic E-state index is 0.0149. The SMILES string of the molecule is CC(C)(O)C(F)(F)c1cccc2c1nc(COS(C)(=O)=O)n2COCC[Si](C)(C)C. The predicted octanol–water partition coefficient (Wildman–Crippen LogP) is 3.69. The van der Waals surface area contributed by atoms with Crippen molar-refractivity contribution in [2.24, 2.45) is 0 Å². The highest BCUT2D eigenvalue weighted by Gasteiger charge is 2.48. The molecule has 30 heavy (non-hydrogen) atoms. The van der Waals surface area contributed by atoms with Crippen LogP contribution >= 0.6 is 0 Å². The average Bonchev–Trinajstić information content (AvgIpc) is 2.92. The van der Waals surface area contributed by atoms with Gasteiger partial charge in [0.05, 0.1) is 22.9 Å². The Bertz CT molecular complexity index is 995. The molecule has 1 N–H and O–H groups in total. The molecule has 0 saturated carbocycles. The lowest BCUT2D eigenvalue weighted by atomic mass is 9.92. The van der Waals surface area contributed by atoms with Crippen molar-refractivity contribution in [1.29, 1.82) is 0 Å². The van der Waals surface area contributed by atoms with Gasteiger partial charge < -0.3 is 14.4 Å². The van der Waals surface area contributed by atoms with E-state index in [0.29, 0.717) is 12.1 Å². The summed E-state index contributed by atoms with van der Waals surface area (Å²) >= 11 is 0. The zero-order chi connectivity index (χ0) is 23.0. The highest BCUT2D eigenvalue weighted by Crippen LogP contribution is 2.41. The van der Waals surface area contributed by atoms with Crippen molar-refractivity contribution in [2.45, 2.75) is 64.4 Å². The van der Waals surface area contributed by atoms with Crippen molar-refractivity contribution < 1.29 is 31.2 Å². The minimum Gasteiger partial charge on any atom is -0.384 e. The summed E-state index contributed by atoms with van der Waals surface area (Å²) in [6, 6.07) is 5.15. The van der Waals surface area contributed by atoms with Gasteiger partial charge in [0.2, 0.25) is 0 Å². The van der Waals surface area contributed by atoms with Crippen LogP contribution in [0.4, 0.5) is 8.78 Å². The van der Waals surface area contributed by atoms with Crippen LogP contribution in [0.2, 0.25) is 25.7 Å². The molecule has 170 valence electrons. The first-order chi connectivity index (χ1) is 13.5. The van der Waals surface area contributed by atoms with Gasteiger partial charge in [-0.15, -0.1) is 0 Å². The highest BCUT2D eigenvalue weighted by molar-refractivity contribution is 7.85. The quantitative estimate of drug-likeness (QED) is 0.328. The lowest BCUT2D eigenvalue weighted by Crippen LogP contribution is -2.40. The molecular weight excluding hydrogens is 434 g/mol. The molecule has 1 heterocycles. The molecule has 1 aromatic heterocycles. The van der Waals surface area contributed by atoms with Crippen LogP contribution < -0.4 is 0 Å². The van der Waals surface area contributed by atoms with Crippen molar-refractivity contribution in [3.05, 3.63) is 29.6 Å². The maximum Gasteiger partial charge on any atom is 0.302 e. The number of alkyl halides is 2. The molecule has 7 nitrogen and oxygen atoms in total. The summed E-state index contributed by atoms with van der Waals surface area (Å²) in [5.41, 5.74) is -2.46. The van der Waals surface area contributed by atoms with Crippen molar-refractivity contribution in [3.8, 4) is 0 Å². The monoisotopic (exact) mass is 464 g/mol. The summed E-state index contributed by atoms with van der Waals surface area (Å²) in [5.74, 6) is -3.44. The molecule has 11 heteroatoms. The zero-order valence-corrected chi connectivity index (χ0v) is 20.0. The molecule has 0 unspecified atom stereocenters. The van der Waals surface area contributed by atoms with Crippen LogP contribution in [-0.2, 0) is 38.3 Å². The molecule has 2 rings (SSSR count). The smallest absolute Gasteiger partial charge is 0.302 e. The third kappa shape index (κ3) is 6.07. The first kappa shape index (κ1) is 24.9. The van der Waals surface area contributed by atoms with E-state index >= 15 is 0 Å². The molecule has 0 radical (unpaired) electrons. The van der Waals surface area contributed by atoms with Gasteiger partial charge in [-0.05, 0) is 26.0 Å². The van der Waals surface area contributed by atoms with Crippen molar-refractivity contribution in [1.82, 2.24) is 9.55 Å². The number of rotatable bonds is 10. The average molecular weight is 465 g/mol. The van der Waals surface area contributed by atoms with Gasteiger partial charge in [0, 0.05) is 14.7 Å². The van der Waals surface area contributed by atoms with Gasteiger partial charge in [0.15, 0.2) is 0 Å². The van der Waals surface area contributed by atoms with E-state index in [9.17, 15) is 22.3 Å². The Balaban J connectivity index is 2.49. The van der Waals surface area contributed by atoms with E-state index in [2.05, 4.69) is 24.6 Å². The lowest BCUT2D eigenvalue weighted by molar-refractivity contribution is -0.167. The lowest BCUT2D eigenvalue weighted by Gasteiger charge is -2.29. The fraction of sp³-hybridized carbons (Fsp3) is 0.632. The van der Waals surface area contributed by atoms with Gasteiger partial charge in [-0.25, -0.2) is 4.98 Å². The van der Waals surface area contributed by atoms with Gasteiger partial charge in [-0.3, -0.25) is 4.18 Å². The Hall–Kier alpha value is -1.40. The summed E-state index contributed by atoms with van der Waals surface area (Å²) in [5, 5.41) is 9.98. The largest absolute Gasteiger partial charge is 0.384 e. The van der Waals surface area contributed by atoms with Crippen LogP contribution in [0, 0.1) is 0 Å². The third-order valence-corrected chi connectivity index (χ3v) is 6.83. The number of hydrogen-bond acceptors (Lipinski definition) is 6. The summed E-state index contributed by atoms with van der Waals surface area (Å²) in [6.45, 7) is 8.75. The Kier molecular flexibility index (Phi) is 7.14. The second-order valence-corrected chi connectivity index (χ2v) is 16.3. The summed E-state index contributed by atoms with van der Waals surface area (Å²) in [6.07, 6.45) is 0.901. The number of para-hydroxylation sites is 1. The van der Waals surface area contributed by atoms with Crippen LogP contribution in [0.15, 0.2) is 18.2 Å². The van der Waals surface area contributed by atoms with Crippen LogP contribution in [0.3, 0.4) is 0 Å². The number of fused-ring (bicyclic) bond motifs is 1. The molecule has 0 aliphatic carbocycles. The third-order valence-electron chi connectivity index (χ3n) is 4.58. The van der Waals surface area contributed by atoms with E-state index < -0.39 is 41.9 Å². The molecule has 2 aromatic rings. The Labute approximate surface area is 177 Å². The van der Waals surface area contributed by atoms with E-state index in [1.54, 1.807) is 6.07 Å². The Morgan fingerprint density at radius 2 is 1.87 bits per heavy atom. The minimum atomic E-state index is -3.76. The van der Waals surface area contributed by atoms with Crippen molar-refractivity contribution >= 4 is 29.2 Å². The second kappa shape index (κ2) is 8.62. The van der Waals surface area contributed by atoms with Crippen LogP contribution in [0.25, 0.3) is 11.0 Å². The van der Waals surface area contributed by atoms with Gasteiger partial charge >= 0.3 is 5.92 Å². The number of ether oxygens (including phenoxy) is 1. The van der Waals surface area contributed by atoms with Gasteiger partial charge in [0.1, 0.15) is 24.8 Å². The number of benzene rings is 1. The first-order valence-electron chi connectivity index (χ1n) is 9.54. The normalized spacial score (nSPS) is 13.9. The van der Waals surface area contributed by atoms with E-state index in [0.717, 1.165) is 26.1 Å². The molecule has 0 aliphatic heterocycles. The summed E-state index contributed by atoms with van der Waals surface area (Å²) in [4.78, 5) is 4.23. The van der Waals surface area contributed by atoms with Crippen molar-refractivity contribution in [2.75, 3.05) is 12.9 Å². The number of aliphatic hydroxyl groups is 1. The van der Waals surface area contributed by atoms with Gasteiger partial charge in [0.25, 0.3) is 10.1 Å². The van der Waals surface area contributed by atoms with E-state index in [1.165, 1.54) is 16.7 Å². The maximum absolute atomic E-state index is 14.9. The van der Waals surface area contributed by atoms with Crippen LogP contribution in [0.5, 0.6) is 0 Å². The van der Waals surface area contributed by atoms with Crippen LogP contribution in [-0.4, -0.2) is 49.6 Å². The zero-order valence-electron chi connectivity index (χ0n) is 18.2. The predicted molar refractivity (Wildman–Crippen MR) is 114 cm³/mol. The molecule has 0 spiro atoms. The fourth-order valence-electron chi connectivity index (χ4n) is 2.73. The summed E-state index contributed by atoms with van der Waals surface area (Å²) in [7, 11) is -5.08. The standard InChI is InChI=1S/C19H30F2N2O5SSi/c1-18(2,24)19(20,21)14-8-7-9-15-17(14)22-16(12-28-29(3,25)26)23(15)13-27-10-11-30(4,5)6/h7-9,24H,10-13H2,1-6H3. The van der Waals surface area contributed by atoms with Crippen LogP contribution in [0.1, 0.15) is 25.2 Å². The fourth-order valence-corrected chi connectivity index (χ4v) is 3.80. The Morgan fingerprint density at radius 3 is 2.40 bits per heavy atom. The van der Waals surface area contributed by atoms with E-state index in [1.807, 2.05) is 0 Å². The molecule has 0 fully saturated rings.